The third-order valence-corrected chi connectivity index (χ3v) is 3.61. The molecule has 1 saturated carbocycles. The molecule has 1 fully saturated rings. The van der Waals surface area contributed by atoms with Crippen molar-refractivity contribution in [2.75, 3.05) is 13.7 Å². The van der Waals surface area contributed by atoms with E-state index in [1.807, 2.05) is 12.1 Å². The Bertz CT molecular complexity index is 362. The highest BCUT2D eigenvalue weighted by molar-refractivity contribution is 5.32. The van der Waals surface area contributed by atoms with Crippen LogP contribution in [0.1, 0.15) is 25.5 Å². The molecule has 0 amide bonds. The lowest BCUT2D eigenvalue weighted by Gasteiger charge is -2.04. The maximum atomic E-state index is 5.75. The summed E-state index contributed by atoms with van der Waals surface area (Å²) in [7, 11) is 1.68. The molecule has 0 aromatic carbocycles. The molecule has 1 aromatic rings. The minimum atomic E-state index is 0.286. The number of aromatic nitrogens is 1. The summed E-state index contributed by atoms with van der Waals surface area (Å²) in [6.07, 6.45) is 1.80. The lowest BCUT2D eigenvalue weighted by molar-refractivity contribution is 0.413. The largest absolute Gasteiger partial charge is 0.497 e. The van der Waals surface area contributed by atoms with Crippen LogP contribution in [0.5, 0.6) is 5.75 Å². The second-order valence-corrected chi connectivity index (χ2v) is 4.76. The molecule has 3 nitrogen and oxygen atoms in total. The summed E-state index contributed by atoms with van der Waals surface area (Å²) in [4.78, 5) is 4.41. The van der Waals surface area contributed by atoms with Gasteiger partial charge in [0.1, 0.15) is 5.75 Å². The third-order valence-electron chi connectivity index (χ3n) is 3.61. The molecule has 0 saturated heterocycles. The second-order valence-electron chi connectivity index (χ2n) is 4.76. The van der Waals surface area contributed by atoms with Crippen LogP contribution < -0.4 is 10.5 Å². The standard InChI is InChI=1S/C12H18N2O/c1-12(2)9(7-13)11(12)10-6-8(15-3)4-5-14-10/h4-6,9,11H,7,13H2,1-3H3/t9-,11+/m0/s1. The molecule has 1 aliphatic carbocycles. The van der Waals surface area contributed by atoms with Crippen molar-refractivity contribution < 1.29 is 4.74 Å². The molecule has 3 heteroatoms. The van der Waals surface area contributed by atoms with Crippen LogP contribution in [0.15, 0.2) is 18.3 Å². The van der Waals surface area contributed by atoms with E-state index in [0.717, 1.165) is 18.0 Å². The number of methoxy groups -OCH3 is 1. The molecule has 1 heterocycles. The molecule has 1 aliphatic rings. The number of nitrogens with two attached hydrogens (primary N) is 1. The number of hydrogen-bond donors (Lipinski definition) is 1. The highest BCUT2D eigenvalue weighted by Gasteiger charge is 2.58. The zero-order valence-electron chi connectivity index (χ0n) is 9.53. The zero-order valence-corrected chi connectivity index (χ0v) is 9.53. The summed E-state index contributed by atoms with van der Waals surface area (Å²) in [6, 6.07) is 3.89. The van der Waals surface area contributed by atoms with E-state index in [2.05, 4.69) is 18.8 Å². The van der Waals surface area contributed by atoms with Crippen LogP contribution in [0.25, 0.3) is 0 Å². The van der Waals surface area contributed by atoms with Gasteiger partial charge in [0.2, 0.25) is 0 Å². The van der Waals surface area contributed by atoms with Crippen LogP contribution in [0.3, 0.4) is 0 Å². The third kappa shape index (κ3) is 1.61. The van der Waals surface area contributed by atoms with Crippen LogP contribution in [0.4, 0.5) is 0 Å². The number of pyridine rings is 1. The van der Waals surface area contributed by atoms with Crippen LogP contribution in [-0.4, -0.2) is 18.6 Å². The Kier molecular flexibility index (Phi) is 2.43. The van der Waals surface area contributed by atoms with Gasteiger partial charge in [0.25, 0.3) is 0 Å². The molecular weight excluding hydrogens is 188 g/mol. The Labute approximate surface area is 90.7 Å². The van der Waals surface area contributed by atoms with Gasteiger partial charge in [-0.05, 0) is 23.9 Å². The fourth-order valence-electron chi connectivity index (χ4n) is 2.50. The zero-order chi connectivity index (χ0) is 11.1. The molecule has 0 bridgehead atoms. The Hall–Kier alpha value is -1.09. The Balaban J connectivity index is 2.24. The van der Waals surface area contributed by atoms with Crippen molar-refractivity contribution in [1.29, 1.82) is 0 Å². The average molecular weight is 206 g/mol. The molecular formula is C12H18N2O. The van der Waals surface area contributed by atoms with Gasteiger partial charge in [-0.2, -0.15) is 0 Å². The summed E-state index contributed by atoms with van der Waals surface area (Å²) >= 11 is 0. The summed E-state index contributed by atoms with van der Waals surface area (Å²) in [5.41, 5.74) is 7.14. The van der Waals surface area contributed by atoms with E-state index >= 15 is 0 Å². The minimum absolute atomic E-state index is 0.286. The van der Waals surface area contributed by atoms with E-state index in [1.165, 1.54) is 0 Å². The van der Waals surface area contributed by atoms with Crippen molar-refractivity contribution in [3.8, 4) is 5.75 Å². The highest BCUT2D eigenvalue weighted by Crippen LogP contribution is 2.63. The SMILES string of the molecule is COc1ccnc([C@H]2[C@H](CN)C2(C)C)c1. The molecule has 0 spiro atoms. The van der Waals surface area contributed by atoms with Crippen molar-refractivity contribution in [3.05, 3.63) is 24.0 Å². The van der Waals surface area contributed by atoms with Gasteiger partial charge in [0.05, 0.1) is 7.11 Å². The normalized spacial score (nSPS) is 27.5. The van der Waals surface area contributed by atoms with E-state index in [9.17, 15) is 0 Å². The summed E-state index contributed by atoms with van der Waals surface area (Å²) in [5.74, 6) is 1.91. The summed E-state index contributed by atoms with van der Waals surface area (Å²) in [6.45, 7) is 5.23. The van der Waals surface area contributed by atoms with Gasteiger partial charge in [-0.25, -0.2) is 0 Å². The van der Waals surface area contributed by atoms with E-state index in [0.29, 0.717) is 11.8 Å². The quantitative estimate of drug-likeness (QED) is 0.820. The van der Waals surface area contributed by atoms with Gasteiger partial charge in [-0.15, -0.1) is 0 Å². The van der Waals surface area contributed by atoms with E-state index < -0.39 is 0 Å². The van der Waals surface area contributed by atoms with Crippen molar-refractivity contribution in [3.63, 3.8) is 0 Å². The maximum Gasteiger partial charge on any atom is 0.122 e. The van der Waals surface area contributed by atoms with Gasteiger partial charge in [0.15, 0.2) is 0 Å². The Morgan fingerprint density at radius 2 is 2.27 bits per heavy atom. The van der Waals surface area contributed by atoms with Crippen molar-refractivity contribution >= 4 is 0 Å². The monoisotopic (exact) mass is 206 g/mol. The Morgan fingerprint density at radius 1 is 1.53 bits per heavy atom. The van der Waals surface area contributed by atoms with Gasteiger partial charge >= 0.3 is 0 Å². The average Bonchev–Trinajstić information content (AvgIpc) is 2.80. The molecule has 0 radical (unpaired) electrons. The van der Waals surface area contributed by atoms with Gasteiger partial charge < -0.3 is 10.5 Å². The predicted octanol–water partition coefficient (Wildman–Crippen LogP) is 1.79. The van der Waals surface area contributed by atoms with Crippen LogP contribution in [0, 0.1) is 11.3 Å². The van der Waals surface area contributed by atoms with E-state index in [-0.39, 0.29) is 5.41 Å². The van der Waals surface area contributed by atoms with Crippen LogP contribution in [-0.2, 0) is 0 Å². The Morgan fingerprint density at radius 3 is 2.80 bits per heavy atom. The predicted molar refractivity (Wildman–Crippen MR) is 59.9 cm³/mol. The van der Waals surface area contributed by atoms with E-state index in [4.69, 9.17) is 10.5 Å². The van der Waals surface area contributed by atoms with Crippen molar-refractivity contribution in [2.24, 2.45) is 17.1 Å². The smallest absolute Gasteiger partial charge is 0.122 e. The second kappa shape index (κ2) is 3.49. The fraction of sp³-hybridized carbons (Fsp3) is 0.583. The van der Waals surface area contributed by atoms with Gasteiger partial charge in [-0.1, -0.05) is 13.8 Å². The molecule has 0 unspecified atom stereocenters. The molecule has 1 aromatic heterocycles. The molecule has 82 valence electrons. The summed E-state index contributed by atoms with van der Waals surface area (Å²) in [5, 5.41) is 0. The number of nitrogens with zero attached hydrogens (tertiary/aromatic N) is 1. The number of ether oxygens (including phenoxy) is 1. The van der Waals surface area contributed by atoms with Crippen molar-refractivity contribution in [2.45, 2.75) is 19.8 Å². The molecule has 0 aliphatic heterocycles. The molecule has 2 rings (SSSR count). The topological polar surface area (TPSA) is 48.1 Å². The van der Waals surface area contributed by atoms with Gasteiger partial charge in [0, 0.05) is 23.9 Å². The lowest BCUT2D eigenvalue weighted by Crippen LogP contribution is -2.05. The van der Waals surface area contributed by atoms with Crippen molar-refractivity contribution in [1.82, 2.24) is 4.98 Å². The summed E-state index contributed by atoms with van der Waals surface area (Å²) < 4.78 is 5.20. The number of hydrogen-bond acceptors (Lipinski definition) is 3. The van der Waals surface area contributed by atoms with Crippen LogP contribution in [0.2, 0.25) is 0 Å². The first-order valence-corrected chi connectivity index (χ1v) is 5.31. The first kappa shape index (κ1) is 10.4. The maximum absolute atomic E-state index is 5.75. The first-order chi connectivity index (χ1) is 7.11. The molecule has 2 atom stereocenters. The molecule has 15 heavy (non-hydrogen) atoms. The lowest BCUT2D eigenvalue weighted by atomic mass is 10.1. The number of rotatable bonds is 3. The van der Waals surface area contributed by atoms with Crippen LogP contribution >= 0.6 is 0 Å². The molecule has 2 N–H and O–H groups in total. The first-order valence-electron chi connectivity index (χ1n) is 5.31. The fourth-order valence-corrected chi connectivity index (χ4v) is 2.50. The minimum Gasteiger partial charge on any atom is -0.497 e. The van der Waals surface area contributed by atoms with E-state index in [1.54, 1.807) is 13.3 Å². The van der Waals surface area contributed by atoms with Gasteiger partial charge in [-0.3, -0.25) is 4.98 Å². The highest BCUT2D eigenvalue weighted by atomic mass is 16.5.